The van der Waals surface area contributed by atoms with Crippen LogP contribution >= 0.6 is 0 Å². The van der Waals surface area contributed by atoms with Crippen LogP contribution in [0.5, 0.6) is 5.75 Å². The largest absolute Gasteiger partial charge is 0.508 e. The Kier molecular flexibility index (Phi) is 8.12. The highest BCUT2D eigenvalue weighted by molar-refractivity contribution is 5.99. The monoisotopic (exact) mass is 415 g/mol. The maximum absolute atomic E-state index is 12.2. The van der Waals surface area contributed by atoms with Crippen LogP contribution < -0.4 is 22.1 Å². The Morgan fingerprint density at radius 2 is 1.70 bits per heavy atom. The Labute approximate surface area is 173 Å². The lowest BCUT2D eigenvalue weighted by molar-refractivity contribution is -0.385. The van der Waals surface area contributed by atoms with Gasteiger partial charge in [-0.05, 0) is 49.1 Å². The minimum absolute atomic E-state index is 0.0893. The third kappa shape index (κ3) is 6.74. The number of phenols is 1. The summed E-state index contributed by atoms with van der Waals surface area (Å²) < 4.78 is 0. The number of nitro benzene ring substituents is 1. The molecule has 0 aliphatic carbocycles. The standard InChI is InChI=1S/C20H25N5O5/c21-14-5-8-18(25(29)30)16(12-14)19(27)23-9-1-2-10-24-20(28)17(22)11-13-3-6-15(26)7-4-13/h3-8,12,17,26H,1-2,9-11,21-22H2,(H,23,27)(H,24,28)/t17-/m0/s1. The number of nitrogen functional groups attached to an aromatic ring is 1. The third-order valence-corrected chi connectivity index (χ3v) is 4.38. The Balaban J connectivity index is 1.68. The number of nitrogens with zero attached hydrogens (tertiary/aromatic N) is 1. The summed E-state index contributed by atoms with van der Waals surface area (Å²) in [5.74, 6) is -0.717. The summed E-state index contributed by atoms with van der Waals surface area (Å²) >= 11 is 0. The van der Waals surface area contributed by atoms with Crippen LogP contribution in [-0.2, 0) is 11.2 Å². The molecule has 0 heterocycles. The molecular weight excluding hydrogens is 390 g/mol. The van der Waals surface area contributed by atoms with E-state index in [0.717, 1.165) is 5.56 Å². The highest BCUT2D eigenvalue weighted by Crippen LogP contribution is 2.21. The van der Waals surface area contributed by atoms with E-state index in [-0.39, 0.29) is 28.6 Å². The lowest BCUT2D eigenvalue weighted by Crippen LogP contribution is -2.42. The lowest BCUT2D eigenvalue weighted by Gasteiger charge is -2.12. The Bertz CT molecular complexity index is 901. The van der Waals surface area contributed by atoms with Crippen LogP contribution in [0.3, 0.4) is 0 Å². The molecule has 0 aliphatic rings. The van der Waals surface area contributed by atoms with Gasteiger partial charge in [0.1, 0.15) is 11.3 Å². The Morgan fingerprint density at radius 1 is 1.07 bits per heavy atom. The van der Waals surface area contributed by atoms with Crippen molar-refractivity contribution in [3.63, 3.8) is 0 Å². The molecule has 0 saturated heterocycles. The van der Waals surface area contributed by atoms with E-state index in [1.165, 1.54) is 30.3 Å². The summed E-state index contributed by atoms with van der Waals surface area (Å²) in [7, 11) is 0. The van der Waals surface area contributed by atoms with Crippen LogP contribution in [0.15, 0.2) is 42.5 Å². The van der Waals surface area contributed by atoms with Gasteiger partial charge in [0.15, 0.2) is 0 Å². The van der Waals surface area contributed by atoms with Gasteiger partial charge in [0.25, 0.3) is 11.6 Å². The summed E-state index contributed by atoms with van der Waals surface area (Å²) in [6, 6.07) is 9.59. The van der Waals surface area contributed by atoms with E-state index in [9.17, 15) is 24.8 Å². The second-order valence-electron chi connectivity index (χ2n) is 6.76. The first-order valence-electron chi connectivity index (χ1n) is 9.41. The van der Waals surface area contributed by atoms with Gasteiger partial charge in [0, 0.05) is 24.8 Å². The number of benzene rings is 2. The highest BCUT2D eigenvalue weighted by atomic mass is 16.6. The number of nitrogens with two attached hydrogens (primary N) is 2. The van der Waals surface area contributed by atoms with E-state index >= 15 is 0 Å². The summed E-state index contributed by atoms with van der Waals surface area (Å²) in [5, 5.41) is 25.6. The molecule has 2 amide bonds. The normalized spacial score (nSPS) is 11.5. The van der Waals surface area contributed by atoms with Crippen molar-refractivity contribution in [1.82, 2.24) is 10.6 Å². The molecule has 2 aromatic carbocycles. The minimum atomic E-state index is -0.710. The number of unbranched alkanes of at least 4 members (excludes halogenated alkanes) is 1. The van der Waals surface area contributed by atoms with Gasteiger partial charge in [-0.3, -0.25) is 19.7 Å². The van der Waals surface area contributed by atoms with Crippen LogP contribution in [0, 0.1) is 10.1 Å². The second kappa shape index (κ2) is 10.8. The SMILES string of the molecule is Nc1ccc([N+](=O)[O-])c(C(=O)NCCCCNC(=O)[C@@H](N)Cc2ccc(O)cc2)c1. The fourth-order valence-electron chi connectivity index (χ4n) is 2.76. The molecule has 30 heavy (non-hydrogen) atoms. The van der Waals surface area contributed by atoms with Crippen LogP contribution in [0.1, 0.15) is 28.8 Å². The number of nitrogens with one attached hydrogen (secondary N) is 2. The first-order chi connectivity index (χ1) is 14.3. The van der Waals surface area contributed by atoms with E-state index in [2.05, 4.69) is 10.6 Å². The molecule has 0 saturated carbocycles. The molecule has 0 bridgehead atoms. The van der Waals surface area contributed by atoms with E-state index < -0.39 is 16.9 Å². The summed E-state index contributed by atoms with van der Waals surface area (Å²) in [4.78, 5) is 34.6. The van der Waals surface area contributed by atoms with Crippen LogP contribution in [-0.4, -0.2) is 41.0 Å². The minimum Gasteiger partial charge on any atom is -0.508 e. The Hall–Kier alpha value is -3.66. The maximum Gasteiger partial charge on any atom is 0.282 e. The van der Waals surface area contributed by atoms with Gasteiger partial charge < -0.3 is 27.2 Å². The van der Waals surface area contributed by atoms with Crippen molar-refractivity contribution in [2.24, 2.45) is 5.73 Å². The molecule has 0 radical (unpaired) electrons. The molecule has 160 valence electrons. The highest BCUT2D eigenvalue weighted by Gasteiger charge is 2.20. The summed E-state index contributed by atoms with van der Waals surface area (Å²) in [5.41, 5.74) is 12.2. The lowest BCUT2D eigenvalue weighted by atomic mass is 10.1. The maximum atomic E-state index is 12.2. The van der Waals surface area contributed by atoms with Crippen LogP contribution in [0.4, 0.5) is 11.4 Å². The van der Waals surface area contributed by atoms with Crippen LogP contribution in [0.2, 0.25) is 0 Å². The number of aromatic hydroxyl groups is 1. The van der Waals surface area contributed by atoms with Crippen molar-refractivity contribution < 1.29 is 19.6 Å². The number of carbonyl (C=O) groups is 2. The van der Waals surface area contributed by atoms with Crippen molar-refractivity contribution in [2.75, 3.05) is 18.8 Å². The van der Waals surface area contributed by atoms with Gasteiger partial charge >= 0.3 is 0 Å². The number of carbonyl (C=O) groups excluding carboxylic acids is 2. The van der Waals surface area contributed by atoms with E-state index in [1.807, 2.05) is 0 Å². The molecule has 0 fully saturated rings. The van der Waals surface area contributed by atoms with Crippen molar-refractivity contribution in [2.45, 2.75) is 25.3 Å². The number of hydrogen-bond acceptors (Lipinski definition) is 7. The molecule has 10 heteroatoms. The first-order valence-corrected chi connectivity index (χ1v) is 9.41. The molecule has 0 unspecified atom stereocenters. The zero-order chi connectivity index (χ0) is 22.1. The number of phenolic OH excluding ortho intramolecular Hbond substituents is 1. The van der Waals surface area contributed by atoms with Crippen molar-refractivity contribution >= 4 is 23.2 Å². The Morgan fingerprint density at radius 3 is 2.33 bits per heavy atom. The topological polar surface area (TPSA) is 174 Å². The fraction of sp³-hybridized carbons (Fsp3) is 0.300. The number of anilines is 1. The predicted molar refractivity (Wildman–Crippen MR) is 112 cm³/mol. The number of hydrogen-bond donors (Lipinski definition) is 5. The van der Waals surface area contributed by atoms with E-state index in [4.69, 9.17) is 11.5 Å². The second-order valence-corrected chi connectivity index (χ2v) is 6.76. The third-order valence-electron chi connectivity index (χ3n) is 4.38. The smallest absolute Gasteiger partial charge is 0.282 e. The molecule has 2 rings (SSSR count). The number of rotatable bonds is 10. The molecule has 0 aliphatic heterocycles. The number of nitro groups is 1. The van der Waals surface area contributed by atoms with Crippen molar-refractivity contribution in [1.29, 1.82) is 0 Å². The average Bonchev–Trinajstić information content (AvgIpc) is 2.71. The quantitative estimate of drug-likeness (QED) is 0.167. The van der Waals surface area contributed by atoms with E-state index in [0.29, 0.717) is 32.4 Å². The van der Waals surface area contributed by atoms with Gasteiger partial charge in [0.2, 0.25) is 5.91 Å². The van der Waals surface area contributed by atoms with Gasteiger partial charge in [-0.15, -0.1) is 0 Å². The molecule has 0 aromatic heterocycles. The van der Waals surface area contributed by atoms with Crippen molar-refractivity contribution in [3.05, 3.63) is 63.7 Å². The zero-order valence-corrected chi connectivity index (χ0v) is 16.3. The zero-order valence-electron chi connectivity index (χ0n) is 16.3. The summed E-state index contributed by atoms with van der Waals surface area (Å²) in [6.07, 6.45) is 1.51. The molecule has 2 aromatic rings. The molecular formula is C20H25N5O5. The fourth-order valence-corrected chi connectivity index (χ4v) is 2.76. The summed E-state index contributed by atoms with van der Waals surface area (Å²) in [6.45, 7) is 0.677. The van der Waals surface area contributed by atoms with Gasteiger partial charge in [-0.2, -0.15) is 0 Å². The number of amides is 2. The molecule has 1 atom stereocenters. The average molecular weight is 415 g/mol. The van der Waals surface area contributed by atoms with Gasteiger partial charge in [-0.25, -0.2) is 0 Å². The van der Waals surface area contributed by atoms with Gasteiger partial charge in [-0.1, -0.05) is 12.1 Å². The predicted octanol–water partition coefficient (Wildman–Crippen LogP) is 1.08. The van der Waals surface area contributed by atoms with Crippen molar-refractivity contribution in [3.8, 4) is 5.75 Å². The van der Waals surface area contributed by atoms with Gasteiger partial charge in [0.05, 0.1) is 11.0 Å². The van der Waals surface area contributed by atoms with E-state index in [1.54, 1.807) is 12.1 Å². The first kappa shape index (κ1) is 22.6. The van der Waals surface area contributed by atoms with Crippen LogP contribution in [0.25, 0.3) is 0 Å². The molecule has 10 nitrogen and oxygen atoms in total. The molecule has 0 spiro atoms. The molecule has 7 N–H and O–H groups in total.